The summed E-state index contributed by atoms with van der Waals surface area (Å²) in [5, 5.41) is 11.2. The molecule has 0 bridgehead atoms. The van der Waals surface area contributed by atoms with Gasteiger partial charge in [-0.15, -0.1) is 0 Å². The summed E-state index contributed by atoms with van der Waals surface area (Å²) < 4.78 is 11.4. The average Bonchev–Trinajstić information content (AvgIpc) is 3.08. The number of ketones is 1. The SMILES string of the molecule is COc1ccc(C(O)=C2C(=O)C(=O)N(Cc3cccnc3)[C@H]2c2cccc(Br)c2)cc1OC. The number of Topliss-reactive ketones (excluding diaryl/α,β-unsaturated/α-hetero) is 1. The van der Waals surface area contributed by atoms with Crippen LogP contribution in [0, 0.1) is 0 Å². The minimum absolute atomic E-state index is 0.00853. The van der Waals surface area contributed by atoms with Gasteiger partial charge in [0.15, 0.2) is 11.5 Å². The highest BCUT2D eigenvalue weighted by atomic mass is 79.9. The van der Waals surface area contributed by atoms with E-state index in [1.54, 1.807) is 36.7 Å². The predicted molar refractivity (Wildman–Crippen MR) is 126 cm³/mol. The van der Waals surface area contributed by atoms with Crippen LogP contribution in [0.15, 0.2) is 77.0 Å². The minimum atomic E-state index is -0.782. The molecule has 1 aromatic heterocycles. The number of hydrogen-bond acceptors (Lipinski definition) is 6. The standard InChI is InChI=1S/C25H21BrN2O5/c1-32-19-9-8-17(12-20(19)33-2)23(29)21-22(16-6-3-7-18(26)11-16)28(25(31)24(21)30)14-15-5-4-10-27-13-15/h3-13,22,29H,14H2,1-2H3/t22-/m0/s1. The Balaban J connectivity index is 1.88. The first-order valence-corrected chi connectivity index (χ1v) is 10.9. The zero-order valence-electron chi connectivity index (χ0n) is 18.0. The van der Waals surface area contributed by atoms with Gasteiger partial charge in [0.1, 0.15) is 5.76 Å². The van der Waals surface area contributed by atoms with Crippen LogP contribution in [0.25, 0.3) is 5.76 Å². The van der Waals surface area contributed by atoms with Gasteiger partial charge in [0.2, 0.25) is 0 Å². The molecule has 0 saturated carbocycles. The number of rotatable bonds is 6. The monoisotopic (exact) mass is 508 g/mol. The Kier molecular flexibility index (Phi) is 6.46. The first-order chi connectivity index (χ1) is 15.9. The molecule has 3 aromatic rings. The third-order valence-electron chi connectivity index (χ3n) is 5.44. The molecular formula is C25H21BrN2O5. The highest BCUT2D eigenvalue weighted by Crippen LogP contribution is 2.41. The lowest BCUT2D eigenvalue weighted by atomic mass is 9.95. The lowest BCUT2D eigenvalue weighted by Gasteiger charge is -2.25. The van der Waals surface area contributed by atoms with Gasteiger partial charge >= 0.3 is 0 Å². The second kappa shape index (κ2) is 9.46. The summed E-state index contributed by atoms with van der Waals surface area (Å²) >= 11 is 3.46. The van der Waals surface area contributed by atoms with Gasteiger partial charge < -0.3 is 19.5 Å². The van der Waals surface area contributed by atoms with E-state index < -0.39 is 17.7 Å². The van der Waals surface area contributed by atoms with Gasteiger partial charge in [0.05, 0.1) is 25.8 Å². The van der Waals surface area contributed by atoms with E-state index in [4.69, 9.17) is 9.47 Å². The quantitative estimate of drug-likeness (QED) is 0.300. The second-order valence-electron chi connectivity index (χ2n) is 7.41. The number of hydrogen-bond donors (Lipinski definition) is 1. The number of aliphatic hydroxyl groups is 1. The Labute approximate surface area is 199 Å². The largest absolute Gasteiger partial charge is 0.507 e. The number of aliphatic hydroxyl groups excluding tert-OH is 1. The maximum atomic E-state index is 13.2. The van der Waals surface area contributed by atoms with E-state index in [1.807, 2.05) is 30.3 Å². The Morgan fingerprint density at radius 1 is 1.06 bits per heavy atom. The Hall–Kier alpha value is -3.65. The predicted octanol–water partition coefficient (Wildman–Crippen LogP) is 4.48. The number of carbonyl (C=O) groups is 2. The molecule has 1 aliphatic rings. The van der Waals surface area contributed by atoms with Crippen LogP contribution in [0.1, 0.15) is 22.7 Å². The van der Waals surface area contributed by atoms with Crippen molar-refractivity contribution in [2.45, 2.75) is 12.6 Å². The van der Waals surface area contributed by atoms with E-state index in [1.165, 1.54) is 19.1 Å². The molecule has 0 radical (unpaired) electrons. The summed E-state index contributed by atoms with van der Waals surface area (Å²) in [6.45, 7) is 0.165. The molecule has 33 heavy (non-hydrogen) atoms. The van der Waals surface area contributed by atoms with E-state index >= 15 is 0 Å². The summed E-state index contributed by atoms with van der Waals surface area (Å²) in [4.78, 5) is 31.8. The van der Waals surface area contributed by atoms with Crippen LogP contribution in [0.2, 0.25) is 0 Å². The molecule has 1 amide bonds. The van der Waals surface area contributed by atoms with Crippen molar-refractivity contribution in [3.05, 3.63) is 93.7 Å². The summed E-state index contributed by atoms with van der Waals surface area (Å²) in [6.07, 6.45) is 3.28. The van der Waals surface area contributed by atoms with Crippen molar-refractivity contribution in [2.75, 3.05) is 14.2 Å². The topological polar surface area (TPSA) is 89.0 Å². The summed E-state index contributed by atoms with van der Waals surface area (Å²) in [5.41, 5.74) is 1.81. The Morgan fingerprint density at radius 2 is 1.85 bits per heavy atom. The third-order valence-corrected chi connectivity index (χ3v) is 5.93. The summed E-state index contributed by atoms with van der Waals surface area (Å²) in [6, 6.07) is 15.0. The van der Waals surface area contributed by atoms with Gasteiger partial charge in [0, 0.05) is 29.0 Å². The van der Waals surface area contributed by atoms with Crippen LogP contribution in [0.3, 0.4) is 0 Å². The molecule has 8 heteroatoms. The van der Waals surface area contributed by atoms with Crippen molar-refractivity contribution in [2.24, 2.45) is 0 Å². The van der Waals surface area contributed by atoms with Crippen molar-refractivity contribution in [1.82, 2.24) is 9.88 Å². The van der Waals surface area contributed by atoms with Crippen molar-refractivity contribution in [3.63, 3.8) is 0 Å². The highest BCUT2D eigenvalue weighted by Gasteiger charge is 2.46. The first kappa shape index (κ1) is 22.5. The van der Waals surface area contributed by atoms with E-state index in [9.17, 15) is 14.7 Å². The normalized spacial score (nSPS) is 17.3. The van der Waals surface area contributed by atoms with Crippen molar-refractivity contribution < 1.29 is 24.2 Å². The summed E-state index contributed by atoms with van der Waals surface area (Å²) in [5.74, 6) is -0.852. The molecule has 1 saturated heterocycles. The molecule has 2 heterocycles. The van der Waals surface area contributed by atoms with Crippen LogP contribution in [-0.2, 0) is 16.1 Å². The number of benzene rings is 2. The Bertz CT molecular complexity index is 1240. The molecule has 0 aliphatic carbocycles. The molecule has 0 unspecified atom stereocenters. The fraction of sp³-hybridized carbons (Fsp3) is 0.160. The van der Waals surface area contributed by atoms with Crippen LogP contribution >= 0.6 is 15.9 Å². The average molecular weight is 509 g/mol. The van der Waals surface area contributed by atoms with Crippen LogP contribution in [-0.4, -0.2) is 40.9 Å². The number of halogens is 1. The fourth-order valence-corrected chi connectivity index (χ4v) is 4.31. The van der Waals surface area contributed by atoms with Gasteiger partial charge in [-0.1, -0.05) is 34.1 Å². The van der Waals surface area contributed by atoms with Crippen LogP contribution in [0.5, 0.6) is 11.5 Å². The molecule has 0 spiro atoms. The maximum absolute atomic E-state index is 13.2. The van der Waals surface area contributed by atoms with Gasteiger partial charge in [-0.25, -0.2) is 0 Å². The lowest BCUT2D eigenvalue weighted by molar-refractivity contribution is -0.140. The molecule has 2 aromatic carbocycles. The molecule has 4 rings (SSSR count). The zero-order valence-corrected chi connectivity index (χ0v) is 19.6. The maximum Gasteiger partial charge on any atom is 0.295 e. The highest BCUT2D eigenvalue weighted by molar-refractivity contribution is 9.10. The molecule has 168 valence electrons. The molecular weight excluding hydrogens is 488 g/mol. The minimum Gasteiger partial charge on any atom is -0.507 e. The number of pyridine rings is 1. The smallest absolute Gasteiger partial charge is 0.295 e. The molecule has 1 atom stereocenters. The van der Waals surface area contributed by atoms with E-state index in [2.05, 4.69) is 20.9 Å². The van der Waals surface area contributed by atoms with E-state index in [0.29, 0.717) is 22.6 Å². The Morgan fingerprint density at radius 3 is 2.52 bits per heavy atom. The van der Waals surface area contributed by atoms with E-state index in [0.717, 1.165) is 10.0 Å². The second-order valence-corrected chi connectivity index (χ2v) is 8.33. The van der Waals surface area contributed by atoms with E-state index in [-0.39, 0.29) is 17.9 Å². The van der Waals surface area contributed by atoms with Gasteiger partial charge in [-0.05, 0) is 47.5 Å². The van der Waals surface area contributed by atoms with Crippen molar-refractivity contribution in [3.8, 4) is 11.5 Å². The fourth-order valence-electron chi connectivity index (χ4n) is 3.89. The number of methoxy groups -OCH3 is 2. The van der Waals surface area contributed by atoms with Crippen LogP contribution < -0.4 is 9.47 Å². The summed E-state index contributed by atoms with van der Waals surface area (Å²) in [7, 11) is 2.99. The zero-order chi connectivity index (χ0) is 23.5. The number of aromatic nitrogens is 1. The molecule has 1 fully saturated rings. The lowest BCUT2D eigenvalue weighted by Crippen LogP contribution is -2.29. The number of likely N-dealkylation sites (tertiary alicyclic amines) is 1. The van der Waals surface area contributed by atoms with Crippen molar-refractivity contribution in [1.29, 1.82) is 0 Å². The molecule has 1 aliphatic heterocycles. The van der Waals surface area contributed by atoms with Crippen LogP contribution in [0.4, 0.5) is 0 Å². The molecule has 1 N–H and O–H groups in total. The van der Waals surface area contributed by atoms with Gasteiger partial charge in [-0.3, -0.25) is 14.6 Å². The van der Waals surface area contributed by atoms with Crippen molar-refractivity contribution >= 4 is 33.4 Å². The first-order valence-electron chi connectivity index (χ1n) is 10.1. The van der Waals surface area contributed by atoms with Gasteiger partial charge in [0.25, 0.3) is 11.7 Å². The number of nitrogens with zero attached hydrogens (tertiary/aromatic N) is 2. The number of carbonyl (C=O) groups excluding carboxylic acids is 2. The molecule has 7 nitrogen and oxygen atoms in total. The van der Waals surface area contributed by atoms with Gasteiger partial charge in [-0.2, -0.15) is 0 Å². The third kappa shape index (κ3) is 4.34. The number of ether oxygens (including phenoxy) is 2. The number of amides is 1.